The molecule has 0 aliphatic carbocycles. The first-order valence-electron chi connectivity index (χ1n) is 8.54. The van der Waals surface area contributed by atoms with Crippen molar-refractivity contribution in [2.75, 3.05) is 16.7 Å². The lowest BCUT2D eigenvalue weighted by Crippen LogP contribution is -2.26. The lowest BCUT2D eigenvalue weighted by atomic mass is 10.2. The Balaban J connectivity index is 1.88. The molecule has 1 amide bonds. The third-order valence-electron chi connectivity index (χ3n) is 4.28. The maximum absolute atomic E-state index is 12.9. The van der Waals surface area contributed by atoms with Gasteiger partial charge in [0.05, 0.1) is 16.3 Å². The molecular formula is C21H20N2O4S. The number of anilines is 2. The van der Waals surface area contributed by atoms with E-state index in [0.717, 1.165) is 9.87 Å². The number of amides is 1. The molecule has 0 spiro atoms. The fourth-order valence-electron chi connectivity index (χ4n) is 2.67. The number of benzene rings is 3. The van der Waals surface area contributed by atoms with Crippen molar-refractivity contribution in [2.24, 2.45) is 0 Å². The summed E-state index contributed by atoms with van der Waals surface area (Å²) in [5.74, 6) is -0.570. The quantitative estimate of drug-likeness (QED) is 0.643. The van der Waals surface area contributed by atoms with Crippen molar-refractivity contribution in [3.8, 4) is 5.75 Å². The van der Waals surface area contributed by atoms with E-state index in [1.54, 1.807) is 42.5 Å². The van der Waals surface area contributed by atoms with Crippen molar-refractivity contribution < 1.29 is 18.3 Å². The number of carbonyl (C=O) groups excluding carboxylic acids is 1. The molecule has 0 heterocycles. The second-order valence-corrected chi connectivity index (χ2v) is 8.28. The molecular weight excluding hydrogens is 376 g/mol. The minimum absolute atomic E-state index is 0.000342. The average molecular weight is 396 g/mol. The Hall–Kier alpha value is -3.32. The Morgan fingerprint density at radius 2 is 1.68 bits per heavy atom. The Morgan fingerprint density at radius 1 is 0.964 bits per heavy atom. The van der Waals surface area contributed by atoms with E-state index < -0.39 is 15.9 Å². The highest BCUT2D eigenvalue weighted by Gasteiger charge is 2.22. The second kappa shape index (κ2) is 7.74. The van der Waals surface area contributed by atoms with E-state index in [9.17, 15) is 18.3 Å². The third kappa shape index (κ3) is 3.99. The second-order valence-electron chi connectivity index (χ2n) is 6.31. The summed E-state index contributed by atoms with van der Waals surface area (Å²) in [5, 5.41) is 12.5. The van der Waals surface area contributed by atoms with Crippen LogP contribution in [0.25, 0.3) is 0 Å². The Bertz CT molecular complexity index is 1110. The zero-order valence-electron chi connectivity index (χ0n) is 15.5. The Morgan fingerprint density at radius 3 is 2.36 bits per heavy atom. The standard InChI is InChI=1S/C21H20N2O4S/c1-15-11-12-19(20(24)13-15)22-21(25)16-7-6-10-18(14-16)28(26,27)23(2)17-8-4-3-5-9-17/h3-14,24H,1-2H3,(H,22,25). The molecule has 0 bridgehead atoms. The van der Waals surface area contributed by atoms with Crippen LogP contribution in [0.5, 0.6) is 5.75 Å². The number of phenolic OH excluding ortho intramolecular Hbond substituents is 1. The summed E-state index contributed by atoms with van der Waals surface area (Å²) >= 11 is 0. The van der Waals surface area contributed by atoms with Gasteiger partial charge < -0.3 is 10.4 Å². The van der Waals surface area contributed by atoms with Crippen LogP contribution in [0, 0.1) is 6.92 Å². The van der Waals surface area contributed by atoms with E-state index in [1.807, 2.05) is 6.92 Å². The van der Waals surface area contributed by atoms with E-state index in [1.165, 1.54) is 37.4 Å². The van der Waals surface area contributed by atoms with Crippen molar-refractivity contribution in [3.05, 3.63) is 83.9 Å². The molecule has 0 unspecified atom stereocenters. The maximum Gasteiger partial charge on any atom is 0.264 e. The number of phenols is 1. The summed E-state index contributed by atoms with van der Waals surface area (Å²) in [5.41, 5.74) is 1.79. The zero-order chi connectivity index (χ0) is 20.3. The zero-order valence-corrected chi connectivity index (χ0v) is 16.3. The Labute approximate surface area is 164 Å². The molecule has 0 saturated carbocycles. The number of hydrogen-bond donors (Lipinski definition) is 2. The maximum atomic E-state index is 12.9. The van der Waals surface area contributed by atoms with Crippen LogP contribution in [-0.2, 0) is 10.0 Å². The SMILES string of the molecule is Cc1ccc(NC(=O)c2cccc(S(=O)(=O)N(C)c3ccccc3)c2)c(O)c1. The number of nitrogens with zero attached hydrogens (tertiary/aromatic N) is 1. The molecule has 0 radical (unpaired) electrons. The predicted octanol–water partition coefficient (Wildman–Crippen LogP) is 3.78. The molecule has 28 heavy (non-hydrogen) atoms. The number of para-hydroxylation sites is 1. The summed E-state index contributed by atoms with van der Waals surface area (Å²) in [6, 6.07) is 19.3. The minimum Gasteiger partial charge on any atom is -0.506 e. The van der Waals surface area contributed by atoms with E-state index >= 15 is 0 Å². The molecule has 3 aromatic rings. The number of rotatable bonds is 5. The van der Waals surface area contributed by atoms with Crippen LogP contribution >= 0.6 is 0 Å². The van der Waals surface area contributed by atoms with Crippen molar-refractivity contribution in [2.45, 2.75) is 11.8 Å². The first-order valence-corrected chi connectivity index (χ1v) is 9.98. The van der Waals surface area contributed by atoms with Gasteiger partial charge in [0, 0.05) is 12.6 Å². The van der Waals surface area contributed by atoms with E-state index in [0.29, 0.717) is 5.69 Å². The van der Waals surface area contributed by atoms with Crippen LogP contribution < -0.4 is 9.62 Å². The highest BCUT2D eigenvalue weighted by molar-refractivity contribution is 7.92. The summed E-state index contributed by atoms with van der Waals surface area (Å²) in [7, 11) is -2.37. The van der Waals surface area contributed by atoms with Gasteiger partial charge in [-0.05, 0) is 55.0 Å². The Kier molecular flexibility index (Phi) is 5.37. The lowest BCUT2D eigenvalue weighted by Gasteiger charge is -2.19. The van der Waals surface area contributed by atoms with Gasteiger partial charge in [0.1, 0.15) is 5.75 Å². The molecule has 3 aromatic carbocycles. The van der Waals surface area contributed by atoms with Crippen LogP contribution in [0.3, 0.4) is 0 Å². The lowest BCUT2D eigenvalue weighted by molar-refractivity contribution is 0.102. The van der Waals surface area contributed by atoms with Gasteiger partial charge in [-0.2, -0.15) is 0 Å². The molecule has 2 N–H and O–H groups in total. The fourth-order valence-corrected chi connectivity index (χ4v) is 3.92. The summed E-state index contributed by atoms with van der Waals surface area (Å²) < 4.78 is 27.0. The molecule has 144 valence electrons. The molecule has 0 atom stereocenters. The number of sulfonamides is 1. The number of aryl methyl sites for hydroxylation is 1. The van der Waals surface area contributed by atoms with Gasteiger partial charge in [0.2, 0.25) is 0 Å². The van der Waals surface area contributed by atoms with Crippen molar-refractivity contribution in [1.29, 1.82) is 0 Å². The highest BCUT2D eigenvalue weighted by atomic mass is 32.2. The van der Waals surface area contributed by atoms with Gasteiger partial charge >= 0.3 is 0 Å². The summed E-state index contributed by atoms with van der Waals surface area (Å²) in [6.45, 7) is 1.82. The largest absolute Gasteiger partial charge is 0.506 e. The number of nitrogens with one attached hydrogen (secondary N) is 1. The van der Waals surface area contributed by atoms with Crippen LogP contribution in [0.15, 0.2) is 77.7 Å². The average Bonchev–Trinajstić information content (AvgIpc) is 2.70. The minimum atomic E-state index is -3.83. The van der Waals surface area contributed by atoms with Gasteiger partial charge in [-0.15, -0.1) is 0 Å². The molecule has 7 heteroatoms. The molecule has 6 nitrogen and oxygen atoms in total. The smallest absolute Gasteiger partial charge is 0.264 e. The first-order chi connectivity index (χ1) is 13.3. The molecule has 0 fully saturated rings. The number of aromatic hydroxyl groups is 1. The summed E-state index contributed by atoms with van der Waals surface area (Å²) in [4.78, 5) is 12.5. The van der Waals surface area contributed by atoms with Gasteiger partial charge in [-0.1, -0.05) is 30.3 Å². The fraction of sp³-hybridized carbons (Fsp3) is 0.0952. The van der Waals surface area contributed by atoms with Crippen LogP contribution in [0.4, 0.5) is 11.4 Å². The van der Waals surface area contributed by atoms with Crippen LogP contribution in [0.1, 0.15) is 15.9 Å². The van der Waals surface area contributed by atoms with Crippen molar-refractivity contribution in [3.63, 3.8) is 0 Å². The van der Waals surface area contributed by atoms with Gasteiger partial charge in [0.15, 0.2) is 0 Å². The van der Waals surface area contributed by atoms with Gasteiger partial charge in [-0.3, -0.25) is 9.10 Å². The van der Waals surface area contributed by atoms with Crippen LogP contribution in [-0.4, -0.2) is 26.5 Å². The van der Waals surface area contributed by atoms with Gasteiger partial charge in [-0.25, -0.2) is 8.42 Å². The molecule has 3 rings (SSSR count). The van der Waals surface area contributed by atoms with E-state index in [-0.39, 0.29) is 21.9 Å². The third-order valence-corrected chi connectivity index (χ3v) is 6.06. The van der Waals surface area contributed by atoms with Crippen LogP contribution in [0.2, 0.25) is 0 Å². The molecule has 0 aliphatic heterocycles. The normalized spacial score (nSPS) is 11.1. The van der Waals surface area contributed by atoms with Gasteiger partial charge in [0.25, 0.3) is 15.9 Å². The van der Waals surface area contributed by atoms with Crippen molar-refractivity contribution >= 4 is 27.3 Å². The number of carbonyl (C=O) groups is 1. The highest BCUT2D eigenvalue weighted by Crippen LogP contribution is 2.26. The predicted molar refractivity (Wildman–Crippen MR) is 109 cm³/mol. The molecule has 0 aliphatic rings. The van der Waals surface area contributed by atoms with E-state index in [2.05, 4.69) is 5.32 Å². The molecule has 0 saturated heterocycles. The summed E-state index contributed by atoms with van der Waals surface area (Å²) in [6.07, 6.45) is 0. The van der Waals surface area contributed by atoms with Crippen molar-refractivity contribution in [1.82, 2.24) is 0 Å². The first kappa shape index (κ1) is 19.4. The number of hydrogen-bond acceptors (Lipinski definition) is 4. The molecule has 0 aromatic heterocycles. The van der Waals surface area contributed by atoms with E-state index in [4.69, 9.17) is 0 Å². The monoisotopic (exact) mass is 396 g/mol. The topological polar surface area (TPSA) is 86.7 Å².